The smallest absolute Gasteiger partial charge is 0.119 e. The van der Waals surface area contributed by atoms with E-state index in [1.165, 1.54) is 0 Å². The lowest BCUT2D eigenvalue weighted by Crippen LogP contribution is -1.94. The van der Waals surface area contributed by atoms with Gasteiger partial charge in [-0.2, -0.15) is 0 Å². The summed E-state index contributed by atoms with van der Waals surface area (Å²) in [5.74, 6) is 1.49. The van der Waals surface area contributed by atoms with E-state index in [-0.39, 0.29) is 0 Å². The maximum Gasteiger partial charge on any atom is 0.119 e. The molecule has 1 aromatic rings. The fourth-order valence-electron chi connectivity index (χ4n) is 0.895. The molecule has 0 unspecified atom stereocenters. The third-order valence-corrected chi connectivity index (χ3v) is 1.86. The normalized spacial score (nSPS) is 9.83. The Bertz CT molecular complexity index is 218. The minimum Gasteiger partial charge on any atom is -0.494 e. The number of halogens is 1. The fourth-order valence-corrected chi connectivity index (χ4v) is 1.07. The number of benzene rings is 1. The fraction of sp³-hybridized carbons (Fsp3) is 0.400. The van der Waals surface area contributed by atoms with Crippen LogP contribution in [0.1, 0.15) is 18.9 Å². The topological polar surface area (TPSA) is 9.23 Å². The molecule has 12 heavy (non-hydrogen) atoms. The molecule has 0 atom stereocenters. The van der Waals surface area contributed by atoms with E-state index in [9.17, 15) is 0 Å². The molecule has 2 heteroatoms. The summed E-state index contributed by atoms with van der Waals surface area (Å²) in [6, 6.07) is 7.87. The molecule has 0 amide bonds. The van der Waals surface area contributed by atoms with E-state index in [0.29, 0.717) is 5.88 Å². The van der Waals surface area contributed by atoms with Gasteiger partial charge in [-0.25, -0.2) is 0 Å². The van der Waals surface area contributed by atoms with E-state index in [0.717, 1.165) is 24.3 Å². The maximum atomic E-state index is 5.64. The molecule has 0 heterocycles. The SMILES string of the molecule is CCCOc1ccc(CCl)cc1. The quantitative estimate of drug-likeness (QED) is 0.653. The molecule has 66 valence electrons. The van der Waals surface area contributed by atoms with Gasteiger partial charge in [-0.15, -0.1) is 11.6 Å². The van der Waals surface area contributed by atoms with Gasteiger partial charge >= 0.3 is 0 Å². The molecule has 0 N–H and O–H groups in total. The molecule has 1 nitrogen and oxygen atoms in total. The Labute approximate surface area is 78.3 Å². The number of rotatable bonds is 4. The van der Waals surface area contributed by atoms with Gasteiger partial charge in [0, 0.05) is 5.88 Å². The van der Waals surface area contributed by atoms with Gasteiger partial charge in [0.25, 0.3) is 0 Å². The van der Waals surface area contributed by atoms with E-state index in [4.69, 9.17) is 16.3 Å². The van der Waals surface area contributed by atoms with Crippen LogP contribution >= 0.6 is 11.6 Å². The van der Waals surface area contributed by atoms with Crippen LogP contribution in [0.25, 0.3) is 0 Å². The van der Waals surface area contributed by atoms with Gasteiger partial charge in [-0.3, -0.25) is 0 Å². The lowest BCUT2D eigenvalue weighted by molar-refractivity contribution is 0.317. The van der Waals surface area contributed by atoms with E-state index in [2.05, 4.69) is 6.92 Å². The lowest BCUT2D eigenvalue weighted by atomic mass is 10.2. The molecule has 1 rings (SSSR count). The zero-order valence-corrected chi connectivity index (χ0v) is 7.97. The summed E-state index contributed by atoms with van der Waals surface area (Å²) in [7, 11) is 0. The molecule has 0 aliphatic heterocycles. The van der Waals surface area contributed by atoms with Crippen LogP contribution in [0.3, 0.4) is 0 Å². The second-order valence-electron chi connectivity index (χ2n) is 2.63. The molecule has 0 aromatic heterocycles. The first-order chi connectivity index (χ1) is 5.86. The van der Waals surface area contributed by atoms with Gasteiger partial charge in [0.2, 0.25) is 0 Å². The number of hydrogen-bond donors (Lipinski definition) is 0. The van der Waals surface area contributed by atoms with Crippen molar-refractivity contribution >= 4 is 11.6 Å². The highest BCUT2D eigenvalue weighted by Gasteiger charge is 1.92. The average Bonchev–Trinajstić information content (AvgIpc) is 2.15. The second kappa shape index (κ2) is 5.04. The minimum absolute atomic E-state index is 0.564. The van der Waals surface area contributed by atoms with Crippen molar-refractivity contribution in [1.29, 1.82) is 0 Å². The van der Waals surface area contributed by atoms with Crippen molar-refractivity contribution in [2.75, 3.05) is 6.61 Å². The van der Waals surface area contributed by atoms with Crippen molar-refractivity contribution in [1.82, 2.24) is 0 Å². The molecule has 1 aromatic carbocycles. The van der Waals surface area contributed by atoms with E-state index in [1.54, 1.807) is 0 Å². The van der Waals surface area contributed by atoms with Crippen LogP contribution in [0.4, 0.5) is 0 Å². The highest BCUT2D eigenvalue weighted by molar-refractivity contribution is 6.17. The van der Waals surface area contributed by atoms with Crippen LogP contribution in [0.15, 0.2) is 24.3 Å². The average molecular weight is 185 g/mol. The molecule has 0 bridgehead atoms. The Morgan fingerprint density at radius 3 is 2.42 bits per heavy atom. The molecule has 0 saturated heterocycles. The zero-order valence-electron chi connectivity index (χ0n) is 7.22. The number of alkyl halides is 1. The molecule has 0 aliphatic rings. The van der Waals surface area contributed by atoms with Gasteiger partial charge < -0.3 is 4.74 Å². The Hall–Kier alpha value is -0.690. The van der Waals surface area contributed by atoms with E-state index < -0.39 is 0 Å². The van der Waals surface area contributed by atoms with E-state index in [1.807, 2.05) is 24.3 Å². The van der Waals surface area contributed by atoms with Crippen LogP contribution in [0, 0.1) is 0 Å². The molecule has 0 saturated carbocycles. The highest BCUT2D eigenvalue weighted by atomic mass is 35.5. The standard InChI is InChI=1S/C10H13ClO/c1-2-7-12-10-5-3-9(8-11)4-6-10/h3-6H,2,7-8H2,1H3. The van der Waals surface area contributed by atoms with Crippen molar-refractivity contribution in [2.24, 2.45) is 0 Å². The summed E-state index contributed by atoms with van der Waals surface area (Å²) in [5, 5.41) is 0. The van der Waals surface area contributed by atoms with Gasteiger partial charge in [0.05, 0.1) is 6.61 Å². The molecule has 0 aliphatic carbocycles. The van der Waals surface area contributed by atoms with Crippen molar-refractivity contribution < 1.29 is 4.74 Å². The first-order valence-corrected chi connectivity index (χ1v) is 4.68. The Balaban J connectivity index is 2.53. The van der Waals surface area contributed by atoms with Crippen molar-refractivity contribution in [3.8, 4) is 5.75 Å². The Morgan fingerprint density at radius 1 is 1.25 bits per heavy atom. The van der Waals surface area contributed by atoms with Gasteiger partial charge in [0.1, 0.15) is 5.75 Å². The minimum atomic E-state index is 0.564. The third-order valence-electron chi connectivity index (χ3n) is 1.55. The molecule has 0 radical (unpaired) electrons. The monoisotopic (exact) mass is 184 g/mol. The second-order valence-corrected chi connectivity index (χ2v) is 2.89. The summed E-state index contributed by atoms with van der Waals surface area (Å²) in [6.45, 7) is 2.87. The number of hydrogen-bond acceptors (Lipinski definition) is 1. The summed E-state index contributed by atoms with van der Waals surface area (Å²) >= 11 is 5.64. The van der Waals surface area contributed by atoms with Gasteiger partial charge in [-0.1, -0.05) is 19.1 Å². The van der Waals surface area contributed by atoms with Crippen molar-refractivity contribution in [3.05, 3.63) is 29.8 Å². The van der Waals surface area contributed by atoms with Crippen LogP contribution in [0.2, 0.25) is 0 Å². The van der Waals surface area contributed by atoms with E-state index >= 15 is 0 Å². The first-order valence-electron chi connectivity index (χ1n) is 4.14. The highest BCUT2D eigenvalue weighted by Crippen LogP contribution is 2.13. The maximum absolute atomic E-state index is 5.64. The summed E-state index contributed by atoms with van der Waals surface area (Å²) in [4.78, 5) is 0. The van der Waals surface area contributed by atoms with Crippen LogP contribution in [-0.2, 0) is 5.88 Å². The molecular weight excluding hydrogens is 172 g/mol. The summed E-state index contributed by atoms with van der Waals surface area (Å²) < 4.78 is 5.41. The summed E-state index contributed by atoms with van der Waals surface area (Å²) in [6.07, 6.45) is 1.04. The van der Waals surface area contributed by atoms with Crippen LogP contribution < -0.4 is 4.74 Å². The van der Waals surface area contributed by atoms with Crippen LogP contribution in [0.5, 0.6) is 5.75 Å². The van der Waals surface area contributed by atoms with Gasteiger partial charge in [0.15, 0.2) is 0 Å². The van der Waals surface area contributed by atoms with Crippen molar-refractivity contribution in [2.45, 2.75) is 19.2 Å². The molecule has 0 spiro atoms. The van der Waals surface area contributed by atoms with Crippen molar-refractivity contribution in [3.63, 3.8) is 0 Å². The van der Waals surface area contributed by atoms with Gasteiger partial charge in [-0.05, 0) is 24.1 Å². The number of ether oxygens (including phenoxy) is 1. The van der Waals surface area contributed by atoms with Crippen LogP contribution in [-0.4, -0.2) is 6.61 Å². The molecule has 0 fully saturated rings. The largest absolute Gasteiger partial charge is 0.494 e. The predicted octanol–water partition coefficient (Wildman–Crippen LogP) is 3.21. The molecular formula is C10H13ClO. The Kier molecular flexibility index (Phi) is 3.95. The Morgan fingerprint density at radius 2 is 1.92 bits per heavy atom. The lowest BCUT2D eigenvalue weighted by Gasteiger charge is -2.03. The first kappa shape index (κ1) is 9.40. The zero-order chi connectivity index (χ0) is 8.81. The predicted molar refractivity (Wildman–Crippen MR) is 51.8 cm³/mol. The summed E-state index contributed by atoms with van der Waals surface area (Å²) in [5.41, 5.74) is 1.13. The third kappa shape index (κ3) is 2.74.